The van der Waals surface area contributed by atoms with Crippen molar-refractivity contribution in [1.82, 2.24) is 25.2 Å². The minimum Gasteiger partial charge on any atom is -0.311 e. The molecule has 0 radical (unpaired) electrons. The van der Waals surface area contributed by atoms with E-state index < -0.39 is 0 Å². The van der Waals surface area contributed by atoms with E-state index in [0.717, 1.165) is 43.4 Å². The van der Waals surface area contributed by atoms with Gasteiger partial charge in [0.25, 0.3) is 0 Å². The molecule has 1 N–H and O–H groups in total. The summed E-state index contributed by atoms with van der Waals surface area (Å²) in [5.41, 5.74) is 2.20. The Hall–Kier alpha value is -1.43. The Labute approximate surface area is 130 Å². The minimum atomic E-state index is 0.773. The van der Waals surface area contributed by atoms with Gasteiger partial charge in [-0.2, -0.15) is 0 Å². The molecular weight excluding hydrogens is 286 g/mol. The van der Waals surface area contributed by atoms with E-state index in [-0.39, 0.29) is 0 Å². The van der Waals surface area contributed by atoms with E-state index >= 15 is 0 Å². The maximum Gasteiger partial charge on any atom is 0.0964 e. The lowest BCUT2D eigenvalue weighted by atomic mass is 10.2. The largest absolute Gasteiger partial charge is 0.311 e. The summed E-state index contributed by atoms with van der Waals surface area (Å²) in [5, 5.41) is 12.3. The average molecular weight is 308 g/mol. The zero-order valence-corrected chi connectivity index (χ0v) is 13.3. The van der Waals surface area contributed by atoms with Gasteiger partial charge in [0.1, 0.15) is 0 Å². The standard InChI is InChI=1S/C15H22ClN5/c1-3-17-10-15-12-21(19-18-15)8-7-20(2)11-13-5-4-6-14(16)9-13/h4-6,9,12,17H,3,7-8,10-11H2,1-2H3. The van der Waals surface area contributed by atoms with Gasteiger partial charge in [0.05, 0.1) is 12.2 Å². The van der Waals surface area contributed by atoms with Gasteiger partial charge >= 0.3 is 0 Å². The normalized spacial score (nSPS) is 11.2. The summed E-state index contributed by atoms with van der Waals surface area (Å²) in [6.45, 7) is 6.41. The van der Waals surface area contributed by atoms with Gasteiger partial charge in [-0.25, -0.2) is 0 Å². The van der Waals surface area contributed by atoms with Crippen LogP contribution in [0.15, 0.2) is 30.5 Å². The van der Waals surface area contributed by atoms with E-state index in [1.807, 2.05) is 29.1 Å². The molecule has 5 nitrogen and oxygen atoms in total. The molecule has 114 valence electrons. The molecule has 0 amide bonds. The predicted molar refractivity (Wildman–Crippen MR) is 85.2 cm³/mol. The van der Waals surface area contributed by atoms with Crippen LogP contribution in [-0.4, -0.2) is 40.0 Å². The third kappa shape index (κ3) is 5.46. The third-order valence-corrected chi connectivity index (χ3v) is 3.43. The maximum atomic E-state index is 6.00. The van der Waals surface area contributed by atoms with Crippen LogP contribution in [0.1, 0.15) is 18.2 Å². The number of hydrogen-bond donors (Lipinski definition) is 1. The van der Waals surface area contributed by atoms with Crippen LogP contribution in [0.3, 0.4) is 0 Å². The molecule has 2 rings (SSSR count). The highest BCUT2D eigenvalue weighted by molar-refractivity contribution is 6.30. The highest BCUT2D eigenvalue weighted by Gasteiger charge is 2.04. The highest BCUT2D eigenvalue weighted by Crippen LogP contribution is 2.12. The molecular formula is C15H22ClN5. The number of benzene rings is 1. The molecule has 6 heteroatoms. The lowest BCUT2D eigenvalue weighted by Crippen LogP contribution is -2.23. The number of aromatic nitrogens is 3. The Morgan fingerprint density at radius 2 is 2.24 bits per heavy atom. The molecule has 0 saturated carbocycles. The molecule has 0 atom stereocenters. The molecule has 1 aromatic carbocycles. The second kappa shape index (κ2) is 8.12. The molecule has 0 aliphatic rings. The van der Waals surface area contributed by atoms with Gasteiger partial charge in [-0.15, -0.1) is 5.10 Å². The van der Waals surface area contributed by atoms with Crippen molar-refractivity contribution in [2.75, 3.05) is 20.1 Å². The quantitative estimate of drug-likeness (QED) is 0.812. The van der Waals surface area contributed by atoms with Gasteiger partial charge in [0, 0.05) is 30.9 Å². The summed E-state index contributed by atoms with van der Waals surface area (Å²) in [6, 6.07) is 7.97. The van der Waals surface area contributed by atoms with E-state index in [0.29, 0.717) is 0 Å². The van der Waals surface area contributed by atoms with Crippen LogP contribution in [0.25, 0.3) is 0 Å². The lowest BCUT2D eigenvalue weighted by Gasteiger charge is -2.16. The Balaban J connectivity index is 1.78. The van der Waals surface area contributed by atoms with Crippen molar-refractivity contribution in [3.8, 4) is 0 Å². The monoisotopic (exact) mass is 307 g/mol. The van der Waals surface area contributed by atoms with E-state index in [2.05, 4.69) is 40.6 Å². The molecule has 0 fully saturated rings. The first-order chi connectivity index (χ1) is 10.2. The van der Waals surface area contributed by atoms with Crippen LogP contribution in [0.4, 0.5) is 0 Å². The Bertz CT molecular complexity index is 555. The molecule has 0 saturated heterocycles. The molecule has 0 unspecified atom stereocenters. The van der Waals surface area contributed by atoms with Crippen LogP contribution in [0.2, 0.25) is 5.02 Å². The van der Waals surface area contributed by atoms with Gasteiger partial charge < -0.3 is 10.2 Å². The molecule has 2 aromatic rings. The Morgan fingerprint density at radius 3 is 3.00 bits per heavy atom. The number of nitrogens with one attached hydrogen (secondary N) is 1. The minimum absolute atomic E-state index is 0.773. The third-order valence-electron chi connectivity index (χ3n) is 3.19. The molecule has 0 aliphatic carbocycles. The SMILES string of the molecule is CCNCc1cn(CCN(C)Cc2cccc(Cl)c2)nn1. The Morgan fingerprint density at radius 1 is 1.38 bits per heavy atom. The summed E-state index contributed by atoms with van der Waals surface area (Å²) < 4.78 is 1.89. The Kier molecular flexibility index (Phi) is 6.17. The maximum absolute atomic E-state index is 6.00. The van der Waals surface area contributed by atoms with Crippen molar-refractivity contribution in [1.29, 1.82) is 0 Å². The number of likely N-dealkylation sites (N-methyl/N-ethyl adjacent to an activating group) is 1. The fourth-order valence-corrected chi connectivity index (χ4v) is 2.29. The lowest BCUT2D eigenvalue weighted by molar-refractivity contribution is 0.304. The van der Waals surface area contributed by atoms with Crippen LogP contribution < -0.4 is 5.32 Å². The number of nitrogens with zero attached hydrogens (tertiary/aromatic N) is 4. The average Bonchev–Trinajstić information content (AvgIpc) is 2.91. The fraction of sp³-hybridized carbons (Fsp3) is 0.467. The zero-order chi connectivity index (χ0) is 15.1. The summed E-state index contributed by atoms with van der Waals surface area (Å²) >= 11 is 6.00. The first-order valence-corrected chi connectivity index (χ1v) is 7.58. The van der Waals surface area contributed by atoms with Crippen molar-refractivity contribution in [2.24, 2.45) is 0 Å². The zero-order valence-electron chi connectivity index (χ0n) is 12.6. The van der Waals surface area contributed by atoms with Crippen LogP contribution in [-0.2, 0) is 19.6 Å². The van der Waals surface area contributed by atoms with E-state index in [4.69, 9.17) is 11.6 Å². The molecule has 1 aromatic heterocycles. The van der Waals surface area contributed by atoms with E-state index in [9.17, 15) is 0 Å². The van der Waals surface area contributed by atoms with Gasteiger partial charge in [0.2, 0.25) is 0 Å². The number of hydrogen-bond acceptors (Lipinski definition) is 4. The van der Waals surface area contributed by atoms with Gasteiger partial charge in [-0.1, -0.05) is 35.9 Å². The van der Waals surface area contributed by atoms with Gasteiger partial charge in [-0.05, 0) is 31.3 Å². The van der Waals surface area contributed by atoms with Gasteiger partial charge in [0.15, 0.2) is 0 Å². The van der Waals surface area contributed by atoms with Gasteiger partial charge in [-0.3, -0.25) is 4.68 Å². The summed E-state index contributed by atoms with van der Waals surface area (Å²) in [7, 11) is 2.09. The van der Waals surface area contributed by atoms with Crippen molar-refractivity contribution in [2.45, 2.75) is 26.6 Å². The van der Waals surface area contributed by atoms with Crippen LogP contribution in [0.5, 0.6) is 0 Å². The summed E-state index contributed by atoms with van der Waals surface area (Å²) in [4.78, 5) is 2.25. The molecule has 0 bridgehead atoms. The number of rotatable bonds is 8. The highest BCUT2D eigenvalue weighted by atomic mass is 35.5. The smallest absolute Gasteiger partial charge is 0.0964 e. The van der Waals surface area contributed by atoms with Crippen LogP contribution >= 0.6 is 11.6 Å². The van der Waals surface area contributed by atoms with Crippen molar-refractivity contribution in [3.63, 3.8) is 0 Å². The predicted octanol–water partition coefficient (Wildman–Crippen LogP) is 2.17. The molecule has 0 aliphatic heterocycles. The molecule has 1 heterocycles. The van der Waals surface area contributed by atoms with Crippen molar-refractivity contribution < 1.29 is 0 Å². The van der Waals surface area contributed by atoms with Crippen molar-refractivity contribution >= 4 is 11.6 Å². The molecule has 21 heavy (non-hydrogen) atoms. The van der Waals surface area contributed by atoms with Crippen LogP contribution in [0, 0.1) is 0 Å². The van der Waals surface area contributed by atoms with Crippen molar-refractivity contribution in [3.05, 3.63) is 46.7 Å². The summed E-state index contributed by atoms with van der Waals surface area (Å²) in [6.07, 6.45) is 2.00. The second-order valence-electron chi connectivity index (χ2n) is 5.12. The first kappa shape index (κ1) is 15.9. The fourth-order valence-electron chi connectivity index (χ4n) is 2.08. The topological polar surface area (TPSA) is 46.0 Å². The van der Waals surface area contributed by atoms with E-state index in [1.54, 1.807) is 0 Å². The summed E-state index contributed by atoms with van der Waals surface area (Å²) in [5.74, 6) is 0. The second-order valence-corrected chi connectivity index (χ2v) is 5.56. The van der Waals surface area contributed by atoms with E-state index in [1.165, 1.54) is 5.56 Å². The first-order valence-electron chi connectivity index (χ1n) is 7.20. The molecule has 0 spiro atoms. The number of halogens is 1.